The number of carbonyl (C=O) groups is 3. The van der Waals surface area contributed by atoms with Gasteiger partial charge < -0.3 is 19.9 Å². The van der Waals surface area contributed by atoms with E-state index in [1.807, 2.05) is 4.90 Å². The van der Waals surface area contributed by atoms with E-state index in [-0.39, 0.29) is 30.1 Å². The van der Waals surface area contributed by atoms with Crippen molar-refractivity contribution in [1.29, 1.82) is 0 Å². The summed E-state index contributed by atoms with van der Waals surface area (Å²) >= 11 is 0. The second-order valence-electron chi connectivity index (χ2n) is 7.82. The van der Waals surface area contributed by atoms with Crippen LogP contribution in [0.5, 0.6) is 0 Å². The third-order valence-electron chi connectivity index (χ3n) is 6.01. The van der Waals surface area contributed by atoms with Crippen LogP contribution < -0.4 is 5.32 Å². The summed E-state index contributed by atoms with van der Waals surface area (Å²) in [5, 5.41) is 2.91. The van der Waals surface area contributed by atoms with Gasteiger partial charge in [-0.25, -0.2) is 0 Å². The quantitative estimate of drug-likeness (QED) is 0.858. The molecule has 1 aliphatic carbocycles. The topological polar surface area (TPSA) is 79.0 Å². The number of nitrogens with one attached hydrogen (secondary N) is 1. The molecule has 1 N–H and O–H groups in total. The molecule has 2 aliphatic heterocycles. The van der Waals surface area contributed by atoms with Gasteiger partial charge in [-0.15, -0.1) is 0 Å². The average Bonchev–Trinajstić information content (AvgIpc) is 3.38. The van der Waals surface area contributed by atoms with Gasteiger partial charge in [0.1, 0.15) is 0 Å². The predicted octanol–water partition coefficient (Wildman–Crippen LogP) is 1.89. The maximum atomic E-state index is 12.9. The Morgan fingerprint density at radius 1 is 1.07 bits per heavy atom. The Morgan fingerprint density at radius 2 is 1.79 bits per heavy atom. The van der Waals surface area contributed by atoms with E-state index >= 15 is 0 Å². The molecule has 0 radical (unpaired) electrons. The molecule has 3 amide bonds. The number of amides is 3. The first-order chi connectivity index (χ1) is 13.6. The van der Waals surface area contributed by atoms with E-state index in [1.165, 1.54) is 0 Å². The Bertz CT molecular complexity index is 754. The number of morpholine rings is 1. The van der Waals surface area contributed by atoms with Gasteiger partial charge in [-0.05, 0) is 25.0 Å². The van der Waals surface area contributed by atoms with E-state index in [0.29, 0.717) is 50.1 Å². The van der Waals surface area contributed by atoms with Crippen molar-refractivity contribution >= 4 is 23.4 Å². The smallest absolute Gasteiger partial charge is 0.256 e. The molecule has 3 aliphatic rings. The maximum absolute atomic E-state index is 12.9. The van der Waals surface area contributed by atoms with Gasteiger partial charge in [0, 0.05) is 32.1 Å². The average molecular weight is 385 g/mol. The van der Waals surface area contributed by atoms with Gasteiger partial charge in [0.15, 0.2) is 0 Å². The van der Waals surface area contributed by atoms with Crippen molar-refractivity contribution in [2.45, 2.75) is 38.1 Å². The van der Waals surface area contributed by atoms with E-state index in [2.05, 4.69) is 5.32 Å². The van der Waals surface area contributed by atoms with Crippen molar-refractivity contribution in [3.05, 3.63) is 29.8 Å². The van der Waals surface area contributed by atoms with E-state index in [0.717, 1.165) is 25.7 Å². The van der Waals surface area contributed by atoms with Crippen LogP contribution in [0, 0.1) is 5.92 Å². The van der Waals surface area contributed by atoms with E-state index in [4.69, 9.17) is 4.74 Å². The van der Waals surface area contributed by atoms with Gasteiger partial charge in [-0.2, -0.15) is 0 Å². The molecule has 0 spiro atoms. The number of likely N-dealkylation sites (tertiary alicyclic amines) is 1. The van der Waals surface area contributed by atoms with Gasteiger partial charge >= 0.3 is 0 Å². The lowest BCUT2D eigenvalue weighted by molar-refractivity contribution is -0.129. The van der Waals surface area contributed by atoms with Crippen LogP contribution in [-0.2, 0) is 14.3 Å². The zero-order chi connectivity index (χ0) is 19.5. The third kappa shape index (κ3) is 3.90. The number of para-hydroxylation sites is 1. The Kier molecular flexibility index (Phi) is 5.62. The van der Waals surface area contributed by atoms with Gasteiger partial charge in [-0.1, -0.05) is 25.0 Å². The van der Waals surface area contributed by atoms with E-state index in [9.17, 15) is 14.4 Å². The molecule has 3 fully saturated rings. The minimum Gasteiger partial charge on any atom is -0.378 e. The molecule has 1 aromatic rings. The van der Waals surface area contributed by atoms with Crippen LogP contribution in [0.1, 0.15) is 42.5 Å². The first kappa shape index (κ1) is 18.9. The number of carbonyl (C=O) groups excluding carboxylic acids is 3. The summed E-state index contributed by atoms with van der Waals surface area (Å²) in [6.07, 6.45) is 4.64. The second kappa shape index (κ2) is 8.31. The normalized spacial score (nSPS) is 23.3. The summed E-state index contributed by atoms with van der Waals surface area (Å²) in [6, 6.07) is 7.37. The van der Waals surface area contributed by atoms with Crippen molar-refractivity contribution in [1.82, 2.24) is 9.80 Å². The summed E-state index contributed by atoms with van der Waals surface area (Å²) in [5.74, 6) is -0.574. The minimum atomic E-state index is -0.361. The van der Waals surface area contributed by atoms with Gasteiger partial charge in [0.2, 0.25) is 11.8 Å². The van der Waals surface area contributed by atoms with E-state index < -0.39 is 0 Å². The molecule has 2 heterocycles. The zero-order valence-corrected chi connectivity index (χ0v) is 16.1. The molecule has 150 valence electrons. The highest BCUT2D eigenvalue weighted by atomic mass is 16.5. The molecule has 4 rings (SSSR count). The fourth-order valence-corrected chi connectivity index (χ4v) is 4.43. The number of ether oxygens (including phenoxy) is 1. The first-order valence-electron chi connectivity index (χ1n) is 10.2. The minimum absolute atomic E-state index is 0.0738. The summed E-state index contributed by atoms with van der Waals surface area (Å²) < 4.78 is 5.31. The molecule has 1 aromatic carbocycles. The molecular formula is C21H27N3O4. The largest absolute Gasteiger partial charge is 0.378 e. The molecule has 0 unspecified atom stereocenters. The van der Waals surface area contributed by atoms with Gasteiger partial charge in [0.05, 0.1) is 30.4 Å². The molecule has 28 heavy (non-hydrogen) atoms. The lowest BCUT2D eigenvalue weighted by Crippen LogP contribution is -2.41. The Hall–Kier alpha value is -2.41. The van der Waals surface area contributed by atoms with Crippen LogP contribution in [-0.4, -0.2) is 66.4 Å². The van der Waals surface area contributed by atoms with Crippen LogP contribution in [0.4, 0.5) is 5.69 Å². The molecule has 0 aromatic heterocycles. The van der Waals surface area contributed by atoms with Gasteiger partial charge in [0.25, 0.3) is 5.91 Å². The highest BCUT2D eigenvalue weighted by Gasteiger charge is 2.38. The van der Waals surface area contributed by atoms with Crippen molar-refractivity contribution in [3.63, 3.8) is 0 Å². The molecule has 0 bridgehead atoms. The maximum Gasteiger partial charge on any atom is 0.256 e. The van der Waals surface area contributed by atoms with Crippen molar-refractivity contribution in [2.24, 2.45) is 5.92 Å². The molecule has 2 saturated heterocycles. The molecule has 1 saturated carbocycles. The predicted molar refractivity (Wildman–Crippen MR) is 104 cm³/mol. The highest BCUT2D eigenvalue weighted by molar-refractivity contribution is 6.05. The lowest BCUT2D eigenvalue weighted by atomic mass is 10.1. The molecule has 7 nitrogen and oxygen atoms in total. The molecule has 1 atom stereocenters. The third-order valence-corrected chi connectivity index (χ3v) is 6.01. The second-order valence-corrected chi connectivity index (χ2v) is 7.82. The van der Waals surface area contributed by atoms with Crippen LogP contribution >= 0.6 is 0 Å². The summed E-state index contributed by atoms with van der Waals surface area (Å²) in [7, 11) is 0. The first-order valence-corrected chi connectivity index (χ1v) is 10.2. The standard InChI is InChI=1S/C21H27N3O4/c25-19-13-15(14-24(19)16-5-1-2-6-16)20(26)22-18-8-4-3-7-17(18)21(27)23-9-11-28-12-10-23/h3-4,7-8,15-16H,1-2,5-6,9-14H2,(H,22,26)/t15-/m1/s1. The number of hydrogen-bond donors (Lipinski definition) is 1. The zero-order valence-electron chi connectivity index (χ0n) is 16.1. The number of hydrogen-bond acceptors (Lipinski definition) is 4. The van der Waals surface area contributed by atoms with Crippen LogP contribution in [0.25, 0.3) is 0 Å². The Balaban J connectivity index is 1.43. The highest BCUT2D eigenvalue weighted by Crippen LogP contribution is 2.30. The van der Waals surface area contributed by atoms with Crippen LogP contribution in [0.15, 0.2) is 24.3 Å². The lowest BCUT2D eigenvalue weighted by Gasteiger charge is -2.27. The summed E-state index contributed by atoms with van der Waals surface area (Å²) in [4.78, 5) is 41.7. The van der Waals surface area contributed by atoms with Crippen molar-refractivity contribution in [3.8, 4) is 0 Å². The number of rotatable bonds is 4. The fourth-order valence-electron chi connectivity index (χ4n) is 4.43. The van der Waals surface area contributed by atoms with Crippen LogP contribution in [0.2, 0.25) is 0 Å². The summed E-state index contributed by atoms with van der Waals surface area (Å²) in [5.41, 5.74) is 0.991. The van der Waals surface area contributed by atoms with E-state index in [1.54, 1.807) is 29.2 Å². The van der Waals surface area contributed by atoms with Crippen molar-refractivity contribution < 1.29 is 19.1 Å². The monoisotopic (exact) mass is 385 g/mol. The Morgan fingerprint density at radius 3 is 2.54 bits per heavy atom. The fraction of sp³-hybridized carbons (Fsp3) is 0.571. The molecule has 7 heteroatoms. The SMILES string of the molecule is O=C(Nc1ccccc1C(=O)N1CCOCC1)[C@@H]1CC(=O)N(C2CCCC2)C1. The number of benzene rings is 1. The number of anilines is 1. The Labute approximate surface area is 165 Å². The van der Waals surface area contributed by atoms with Gasteiger partial charge in [-0.3, -0.25) is 14.4 Å². The number of nitrogens with zero attached hydrogens (tertiary/aromatic N) is 2. The molecular weight excluding hydrogens is 358 g/mol. The summed E-state index contributed by atoms with van der Waals surface area (Å²) in [6.45, 7) is 2.64. The van der Waals surface area contributed by atoms with Crippen molar-refractivity contribution in [2.75, 3.05) is 38.2 Å². The van der Waals surface area contributed by atoms with Crippen LogP contribution in [0.3, 0.4) is 0 Å².